The third kappa shape index (κ3) is 3.18. The molecular formula is C23H21F3N2O2. The number of anilines is 1. The predicted octanol–water partition coefficient (Wildman–Crippen LogP) is 4.10. The van der Waals surface area contributed by atoms with Gasteiger partial charge in [-0.05, 0) is 24.1 Å². The maximum absolute atomic E-state index is 14.4. The highest BCUT2D eigenvalue weighted by Crippen LogP contribution is 2.44. The van der Waals surface area contributed by atoms with Crippen molar-refractivity contribution in [1.29, 1.82) is 0 Å². The van der Waals surface area contributed by atoms with Crippen LogP contribution < -0.4 is 15.4 Å². The molecule has 0 saturated carbocycles. The van der Waals surface area contributed by atoms with Crippen LogP contribution in [-0.2, 0) is 11.2 Å². The molecule has 7 heteroatoms. The Hall–Kier alpha value is -2.77. The van der Waals surface area contributed by atoms with Crippen LogP contribution in [0.5, 0.6) is 5.75 Å². The number of morpholine rings is 1. The Morgan fingerprint density at radius 1 is 0.900 bits per heavy atom. The van der Waals surface area contributed by atoms with E-state index < -0.39 is 29.6 Å². The number of hydrogen-bond acceptors (Lipinski definition) is 4. The summed E-state index contributed by atoms with van der Waals surface area (Å²) in [6, 6.07) is 10.7. The largest absolute Gasteiger partial charge is 0.483 e. The molecule has 3 aromatic carbocycles. The number of hydrogen-bond donors (Lipinski definition) is 1. The number of ether oxygens (including phenoxy) is 2. The molecule has 5 rings (SSSR count). The van der Waals surface area contributed by atoms with Crippen molar-refractivity contribution < 1.29 is 22.6 Å². The zero-order chi connectivity index (χ0) is 20.8. The van der Waals surface area contributed by atoms with Gasteiger partial charge in [0.25, 0.3) is 0 Å². The van der Waals surface area contributed by atoms with E-state index in [0.29, 0.717) is 31.5 Å². The fourth-order valence-electron chi connectivity index (χ4n) is 4.37. The minimum Gasteiger partial charge on any atom is -0.483 e. The van der Waals surface area contributed by atoms with Gasteiger partial charge < -0.3 is 20.1 Å². The molecule has 2 aliphatic rings. The van der Waals surface area contributed by atoms with E-state index in [1.807, 2.05) is 24.3 Å². The maximum Gasteiger partial charge on any atom is 0.161 e. The summed E-state index contributed by atoms with van der Waals surface area (Å²) >= 11 is 0. The smallest absolute Gasteiger partial charge is 0.161 e. The van der Waals surface area contributed by atoms with Crippen LogP contribution in [0.2, 0.25) is 0 Å². The van der Waals surface area contributed by atoms with Crippen molar-refractivity contribution in [3.63, 3.8) is 0 Å². The lowest BCUT2D eigenvalue weighted by atomic mass is 9.90. The van der Waals surface area contributed by atoms with Gasteiger partial charge in [-0.2, -0.15) is 0 Å². The van der Waals surface area contributed by atoms with Gasteiger partial charge in [0.05, 0.1) is 19.3 Å². The molecule has 0 aromatic heterocycles. The molecule has 3 aromatic rings. The van der Waals surface area contributed by atoms with E-state index in [1.165, 1.54) is 0 Å². The van der Waals surface area contributed by atoms with E-state index in [4.69, 9.17) is 15.2 Å². The summed E-state index contributed by atoms with van der Waals surface area (Å²) in [5.74, 6) is -2.62. The Bertz CT molecular complexity index is 1120. The van der Waals surface area contributed by atoms with Crippen LogP contribution in [-0.4, -0.2) is 32.3 Å². The van der Waals surface area contributed by atoms with Crippen LogP contribution in [0.15, 0.2) is 42.5 Å². The normalized spacial score (nSPS) is 21.4. The van der Waals surface area contributed by atoms with E-state index in [1.54, 1.807) is 0 Å². The van der Waals surface area contributed by atoms with Gasteiger partial charge in [-0.3, -0.25) is 0 Å². The molecule has 2 aliphatic heterocycles. The molecule has 1 saturated heterocycles. The Balaban J connectivity index is 1.61. The number of nitrogens with two attached hydrogens (primary N) is 1. The molecule has 0 spiro atoms. The van der Waals surface area contributed by atoms with Crippen LogP contribution >= 0.6 is 0 Å². The molecule has 1 unspecified atom stereocenters. The number of rotatable bonds is 2. The minimum atomic E-state index is -1.23. The molecule has 156 valence electrons. The lowest BCUT2D eigenvalue weighted by molar-refractivity contribution is 0.123. The number of halogens is 3. The quantitative estimate of drug-likeness (QED) is 0.642. The van der Waals surface area contributed by atoms with Gasteiger partial charge in [-0.25, -0.2) is 13.2 Å². The highest BCUT2D eigenvalue weighted by Gasteiger charge is 2.33. The van der Waals surface area contributed by atoms with Crippen molar-refractivity contribution in [2.45, 2.75) is 18.6 Å². The molecule has 4 nitrogen and oxygen atoms in total. The second kappa shape index (κ2) is 7.49. The summed E-state index contributed by atoms with van der Waals surface area (Å²) in [5, 5.41) is 1.90. The van der Waals surface area contributed by atoms with Crippen molar-refractivity contribution in [3.05, 3.63) is 71.0 Å². The van der Waals surface area contributed by atoms with Crippen molar-refractivity contribution in [2.24, 2.45) is 5.73 Å². The fraction of sp³-hybridized carbons (Fsp3) is 0.304. The molecule has 30 heavy (non-hydrogen) atoms. The summed E-state index contributed by atoms with van der Waals surface area (Å²) in [7, 11) is 0. The van der Waals surface area contributed by atoms with Gasteiger partial charge in [0, 0.05) is 41.2 Å². The highest BCUT2D eigenvalue weighted by molar-refractivity contribution is 5.99. The van der Waals surface area contributed by atoms with Crippen molar-refractivity contribution in [1.82, 2.24) is 0 Å². The van der Waals surface area contributed by atoms with Gasteiger partial charge in [0.15, 0.2) is 11.6 Å². The van der Waals surface area contributed by atoms with Crippen LogP contribution in [0.1, 0.15) is 17.2 Å². The third-order valence-corrected chi connectivity index (χ3v) is 5.84. The molecule has 1 fully saturated rings. The highest BCUT2D eigenvalue weighted by atomic mass is 19.2. The monoisotopic (exact) mass is 414 g/mol. The first-order chi connectivity index (χ1) is 14.5. The summed E-state index contributed by atoms with van der Waals surface area (Å²) in [4.78, 5) is 2.28. The Labute approximate surface area is 172 Å². The Morgan fingerprint density at radius 2 is 1.60 bits per heavy atom. The average Bonchev–Trinajstić information content (AvgIpc) is 2.76. The first kappa shape index (κ1) is 19.2. The van der Waals surface area contributed by atoms with E-state index in [2.05, 4.69) is 11.0 Å². The first-order valence-electron chi connectivity index (χ1n) is 9.97. The van der Waals surface area contributed by atoms with Gasteiger partial charge in [0.2, 0.25) is 0 Å². The third-order valence-electron chi connectivity index (χ3n) is 5.84. The SMILES string of the molecule is N[C@H]1Cc2cc(N3CCOCC3)c3ccccc3c2OC1c1cc(F)c(F)cc1F. The molecule has 0 aliphatic carbocycles. The van der Waals surface area contributed by atoms with Gasteiger partial charge >= 0.3 is 0 Å². The van der Waals surface area contributed by atoms with Crippen LogP contribution in [0.25, 0.3) is 10.8 Å². The molecular weight excluding hydrogens is 393 g/mol. The Morgan fingerprint density at radius 3 is 2.37 bits per heavy atom. The predicted molar refractivity (Wildman–Crippen MR) is 108 cm³/mol. The van der Waals surface area contributed by atoms with Gasteiger partial charge in [-0.1, -0.05) is 24.3 Å². The molecule has 2 N–H and O–H groups in total. The summed E-state index contributed by atoms with van der Waals surface area (Å²) < 4.78 is 53.3. The first-order valence-corrected chi connectivity index (χ1v) is 9.97. The zero-order valence-electron chi connectivity index (χ0n) is 16.2. The van der Waals surface area contributed by atoms with Crippen molar-refractivity contribution >= 4 is 16.5 Å². The number of fused-ring (bicyclic) bond motifs is 3. The number of nitrogens with zero attached hydrogens (tertiary/aromatic N) is 1. The lowest BCUT2D eigenvalue weighted by Gasteiger charge is -2.35. The molecule has 0 radical (unpaired) electrons. The maximum atomic E-state index is 14.4. The van der Waals surface area contributed by atoms with Gasteiger partial charge in [0.1, 0.15) is 17.7 Å². The molecule has 2 heterocycles. The topological polar surface area (TPSA) is 47.7 Å². The van der Waals surface area contributed by atoms with Crippen LogP contribution in [0.4, 0.5) is 18.9 Å². The van der Waals surface area contributed by atoms with E-state index in [0.717, 1.165) is 41.2 Å². The second-order valence-corrected chi connectivity index (χ2v) is 7.72. The second-order valence-electron chi connectivity index (χ2n) is 7.72. The molecule has 0 bridgehead atoms. The summed E-state index contributed by atoms with van der Waals surface area (Å²) in [6.07, 6.45) is -0.481. The van der Waals surface area contributed by atoms with Crippen molar-refractivity contribution in [2.75, 3.05) is 31.2 Å². The Kier molecular flexibility index (Phi) is 4.79. The lowest BCUT2D eigenvalue weighted by Crippen LogP contribution is -2.39. The van der Waals surface area contributed by atoms with E-state index in [-0.39, 0.29) is 5.56 Å². The van der Waals surface area contributed by atoms with Gasteiger partial charge in [-0.15, -0.1) is 0 Å². The standard InChI is InChI=1S/C23H21F3N2O2/c24-17-12-19(26)18(25)11-16(17)23-20(27)9-13-10-21(28-5-7-29-8-6-28)14-3-1-2-4-15(14)22(13)30-23/h1-4,10-12,20,23H,5-9,27H2/t20-,23?/m0/s1. The zero-order valence-corrected chi connectivity index (χ0v) is 16.2. The molecule has 2 atom stereocenters. The minimum absolute atomic E-state index is 0.0756. The summed E-state index contributed by atoms with van der Waals surface area (Å²) in [6.45, 7) is 2.91. The number of benzene rings is 3. The molecule has 0 amide bonds. The van der Waals surface area contributed by atoms with Crippen LogP contribution in [0.3, 0.4) is 0 Å². The average molecular weight is 414 g/mol. The van der Waals surface area contributed by atoms with Crippen molar-refractivity contribution in [3.8, 4) is 5.75 Å². The van der Waals surface area contributed by atoms with Crippen LogP contribution in [0, 0.1) is 17.5 Å². The summed E-state index contributed by atoms with van der Waals surface area (Å²) in [5.41, 5.74) is 8.24. The van der Waals surface area contributed by atoms with E-state index in [9.17, 15) is 13.2 Å². The fourth-order valence-corrected chi connectivity index (χ4v) is 4.37. The van der Waals surface area contributed by atoms with E-state index >= 15 is 0 Å².